The van der Waals surface area contributed by atoms with Gasteiger partial charge in [-0.2, -0.15) is 12.7 Å². The van der Waals surface area contributed by atoms with E-state index >= 15 is 0 Å². The molecule has 1 saturated heterocycles. The van der Waals surface area contributed by atoms with Crippen LogP contribution in [-0.2, 0) is 10.2 Å². The van der Waals surface area contributed by atoms with Gasteiger partial charge in [-0.1, -0.05) is 6.07 Å². The number of benzene rings is 1. The van der Waals surface area contributed by atoms with E-state index in [4.69, 9.17) is 9.88 Å². The Morgan fingerprint density at radius 1 is 1.47 bits per heavy atom. The van der Waals surface area contributed by atoms with Crippen molar-refractivity contribution in [3.05, 3.63) is 30.1 Å². The van der Waals surface area contributed by atoms with Crippen LogP contribution in [0.1, 0.15) is 12.8 Å². The smallest absolute Gasteiger partial charge is 0.276 e. The average Bonchev–Trinajstić information content (AvgIpc) is 2.36. The Labute approximate surface area is 112 Å². The zero-order valence-corrected chi connectivity index (χ0v) is 11.3. The molecule has 0 aromatic heterocycles. The fraction of sp³-hybridized carbons (Fsp3) is 0.500. The lowest BCUT2D eigenvalue weighted by atomic mass is 10.0. The van der Waals surface area contributed by atoms with E-state index < -0.39 is 10.2 Å². The van der Waals surface area contributed by atoms with Crippen molar-refractivity contribution in [2.45, 2.75) is 12.8 Å². The normalized spacial score (nSPS) is 21.3. The first kappa shape index (κ1) is 14.2. The number of nitrogens with zero attached hydrogens (tertiary/aromatic N) is 1. The third-order valence-corrected chi connectivity index (χ3v) is 4.17. The van der Waals surface area contributed by atoms with Gasteiger partial charge in [-0.05, 0) is 25.0 Å². The van der Waals surface area contributed by atoms with Crippen molar-refractivity contribution in [3.8, 4) is 5.75 Å². The van der Waals surface area contributed by atoms with E-state index in [0.29, 0.717) is 25.4 Å². The maximum Gasteiger partial charge on any atom is 0.276 e. The summed E-state index contributed by atoms with van der Waals surface area (Å²) < 4.78 is 42.2. The summed E-state index contributed by atoms with van der Waals surface area (Å²) >= 11 is 0. The fourth-order valence-electron chi connectivity index (χ4n) is 2.16. The predicted octanol–water partition coefficient (Wildman–Crippen LogP) is 1.12. The van der Waals surface area contributed by atoms with E-state index in [1.165, 1.54) is 16.4 Å². The lowest BCUT2D eigenvalue weighted by molar-refractivity contribution is 0.180. The molecule has 1 fully saturated rings. The number of ether oxygens (including phenoxy) is 1. The zero-order valence-electron chi connectivity index (χ0n) is 10.5. The van der Waals surface area contributed by atoms with Crippen LogP contribution < -0.4 is 9.88 Å². The molecule has 19 heavy (non-hydrogen) atoms. The van der Waals surface area contributed by atoms with E-state index in [1.54, 1.807) is 12.1 Å². The Hall–Kier alpha value is -1.18. The van der Waals surface area contributed by atoms with E-state index in [9.17, 15) is 12.8 Å². The molecule has 0 radical (unpaired) electrons. The number of nitrogens with two attached hydrogens (primary N) is 1. The first-order valence-corrected chi connectivity index (χ1v) is 7.62. The molecule has 1 aromatic rings. The third-order valence-electron chi connectivity index (χ3n) is 3.12. The molecular weight excluding hydrogens is 271 g/mol. The Morgan fingerprint density at radius 2 is 2.26 bits per heavy atom. The molecule has 2 rings (SSSR count). The lowest BCUT2D eigenvalue weighted by Gasteiger charge is -2.30. The van der Waals surface area contributed by atoms with Crippen LogP contribution in [0, 0.1) is 11.7 Å². The Morgan fingerprint density at radius 3 is 2.95 bits per heavy atom. The molecule has 106 valence electrons. The van der Waals surface area contributed by atoms with Crippen molar-refractivity contribution >= 4 is 10.2 Å². The molecular formula is C12H17FN2O3S. The first-order valence-electron chi connectivity index (χ1n) is 6.11. The minimum absolute atomic E-state index is 0.0790. The molecule has 1 aliphatic heterocycles. The summed E-state index contributed by atoms with van der Waals surface area (Å²) in [4.78, 5) is 0. The minimum Gasteiger partial charge on any atom is -0.493 e. The van der Waals surface area contributed by atoms with Crippen LogP contribution >= 0.6 is 0 Å². The first-order chi connectivity index (χ1) is 8.95. The van der Waals surface area contributed by atoms with Gasteiger partial charge in [-0.25, -0.2) is 9.53 Å². The highest BCUT2D eigenvalue weighted by Crippen LogP contribution is 2.20. The van der Waals surface area contributed by atoms with E-state index in [2.05, 4.69) is 0 Å². The van der Waals surface area contributed by atoms with Gasteiger partial charge in [0.1, 0.15) is 11.6 Å². The summed E-state index contributed by atoms with van der Waals surface area (Å²) in [7, 11) is -3.63. The van der Waals surface area contributed by atoms with Gasteiger partial charge < -0.3 is 4.74 Å². The Kier molecular flexibility index (Phi) is 4.38. The molecule has 7 heteroatoms. The monoisotopic (exact) mass is 288 g/mol. The summed E-state index contributed by atoms with van der Waals surface area (Å²) in [6.07, 6.45) is 1.63. The summed E-state index contributed by atoms with van der Waals surface area (Å²) in [5.41, 5.74) is 0. The molecule has 0 spiro atoms. The molecule has 5 nitrogen and oxygen atoms in total. The summed E-state index contributed by atoms with van der Waals surface area (Å²) in [5, 5.41) is 5.11. The third kappa shape index (κ3) is 4.15. The number of rotatable bonds is 4. The number of hydrogen-bond acceptors (Lipinski definition) is 3. The zero-order chi connectivity index (χ0) is 13.9. The van der Waals surface area contributed by atoms with Crippen LogP contribution in [0.3, 0.4) is 0 Å². The van der Waals surface area contributed by atoms with Crippen molar-refractivity contribution in [3.63, 3.8) is 0 Å². The highest BCUT2D eigenvalue weighted by Gasteiger charge is 2.26. The summed E-state index contributed by atoms with van der Waals surface area (Å²) in [5.74, 6) is 0.176. The van der Waals surface area contributed by atoms with Gasteiger partial charge in [0.05, 0.1) is 6.61 Å². The highest BCUT2D eigenvalue weighted by molar-refractivity contribution is 7.86. The molecule has 1 atom stereocenters. The van der Waals surface area contributed by atoms with Crippen LogP contribution in [0.2, 0.25) is 0 Å². The van der Waals surface area contributed by atoms with Gasteiger partial charge in [-0.3, -0.25) is 0 Å². The summed E-state index contributed by atoms with van der Waals surface area (Å²) in [6, 6.07) is 5.89. The van der Waals surface area contributed by atoms with Crippen molar-refractivity contribution < 1.29 is 17.5 Å². The lowest BCUT2D eigenvalue weighted by Crippen LogP contribution is -2.44. The molecule has 0 bridgehead atoms. The molecule has 0 aliphatic carbocycles. The second-order valence-corrected chi connectivity index (χ2v) is 6.23. The highest BCUT2D eigenvalue weighted by atomic mass is 32.2. The second kappa shape index (κ2) is 5.85. The van der Waals surface area contributed by atoms with Crippen LogP contribution in [0.4, 0.5) is 4.39 Å². The average molecular weight is 288 g/mol. The fourth-order valence-corrected chi connectivity index (χ4v) is 2.97. The van der Waals surface area contributed by atoms with Gasteiger partial charge in [0.25, 0.3) is 10.2 Å². The quantitative estimate of drug-likeness (QED) is 0.902. The SMILES string of the molecule is NS(=O)(=O)N1CCC[C@H](COc2cccc(F)c2)C1. The van der Waals surface area contributed by atoms with Gasteiger partial charge >= 0.3 is 0 Å². The molecule has 0 unspecified atom stereocenters. The van der Waals surface area contributed by atoms with Crippen LogP contribution in [0.5, 0.6) is 5.75 Å². The Balaban J connectivity index is 1.89. The summed E-state index contributed by atoms with van der Waals surface area (Å²) in [6.45, 7) is 1.17. The number of piperidine rings is 1. The van der Waals surface area contributed by atoms with E-state index in [1.807, 2.05) is 0 Å². The van der Waals surface area contributed by atoms with Crippen molar-refractivity contribution in [1.82, 2.24) is 4.31 Å². The van der Waals surface area contributed by atoms with Gasteiger partial charge in [-0.15, -0.1) is 0 Å². The predicted molar refractivity (Wildman–Crippen MR) is 69.3 cm³/mol. The van der Waals surface area contributed by atoms with Gasteiger partial charge in [0.15, 0.2) is 0 Å². The minimum atomic E-state index is -3.63. The Bertz CT molecular complexity index is 536. The molecule has 1 aliphatic rings. The second-order valence-electron chi connectivity index (χ2n) is 4.68. The maximum absolute atomic E-state index is 13.0. The standard InChI is InChI=1S/C12H17FN2O3S/c13-11-4-1-5-12(7-11)18-9-10-3-2-6-15(8-10)19(14,16)17/h1,4-5,7,10H,2-3,6,8-9H2,(H2,14,16,17)/t10-/m0/s1. The molecule has 0 amide bonds. The van der Waals surface area contributed by atoms with Crippen molar-refractivity contribution in [2.75, 3.05) is 19.7 Å². The largest absolute Gasteiger partial charge is 0.493 e. The van der Waals surface area contributed by atoms with E-state index in [0.717, 1.165) is 12.8 Å². The molecule has 1 aromatic carbocycles. The number of halogens is 1. The van der Waals surface area contributed by atoms with Crippen molar-refractivity contribution in [1.29, 1.82) is 0 Å². The van der Waals surface area contributed by atoms with Gasteiger partial charge in [0, 0.05) is 25.1 Å². The molecule has 2 N–H and O–H groups in total. The molecule has 0 saturated carbocycles. The topological polar surface area (TPSA) is 72.6 Å². The molecule has 1 heterocycles. The van der Waals surface area contributed by atoms with E-state index in [-0.39, 0.29) is 11.7 Å². The van der Waals surface area contributed by atoms with Crippen molar-refractivity contribution in [2.24, 2.45) is 11.1 Å². The van der Waals surface area contributed by atoms with Crippen LogP contribution in [-0.4, -0.2) is 32.4 Å². The van der Waals surface area contributed by atoms with Crippen LogP contribution in [0.15, 0.2) is 24.3 Å². The van der Waals surface area contributed by atoms with Crippen LogP contribution in [0.25, 0.3) is 0 Å². The number of hydrogen-bond donors (Lipinski definition) is 1. The maximum atomic E-state index is 13.0. The van der Waals surface area contributed by atoms with Gasteiger partial charge in [0.2, 0.25) is 0 Å².